The van der Waals surface area contributed by atoms with Gasteiger partial charge in [0.2, 0.25) is 0 Å². The summed E-state index contributed by atoms with van der Waals surface area (Å²) in [5.41, 5.74) is 4.28. The van der Waals surface area contributed by atoms with E-state index in [4.69, 9.17) is 21.1 Å². The molecule has 170 valence electrons. The molecular formula is C23H18BrClIN3O4. The van der Waals surface area contributed by atoms with E-state index in [-0.39, 0.29) is 18.4 Å². The molecule has 2 N–H and O–H groups in total. The van der Waals surface area contributed by atoms with Crippen molar-refractivity contribution in [2.24, 2.45) is 5.10 Å². The van der Waals surface area contributed by atoms with E-state index in [2.05, 4.69) is 54.4 Å². The number of hydrazone groups is 1. The standard InChI is InChI=1S/C23H18BrClIN3O4/c1-32-20-11-14(12-27-29-23(31)15-2-4-16(24)5-3-15)10-19(26)22(20)33-13-21(30)28-18-8-6-17(25)7-9-18/h2-12H,13H2,1H3,(H,28,30)(H,29,31)/b27-12+. The third-order valence-corrected chi connectivity index (χ3v) is 5.80. The van der Waals surface area contributed by atoms with Gasteiger partial charge in [0, 0.05) is 20.7 Å². The van der Waals surface area contributed by atoms with Crippen molar-refractivity contribution >= 4 is 73.8 Å². The fourth-order valence-electron chi connectivity index (χ4n) is 2.65. The van der Waals surface area contributed by atoms with Crippen LogP contribution in [0, 0.1) is 3.57 Å². The molecule has 0 heterocycles. The van der Waals surface area contributed by atoms with Gasteiger partial charge in [0.1, 0.15) is 0 Å². The molecule has 0 unspecified atom stereocenters. The predicted molar refractivity (Wildman–Crippen MR) is 140 cm³/mol. The smallest absolute Gasteiger partial charge is 0.271 e. The van der Waals surface area contributed by atoms with Crippen LogP contribution in [0.15, 0.2) is 70.2 Å². The number of carbonyl (C=O) groups excluding carboxylic acids is 2. The number of carbonyl (C=O) groups is 2. The number of hydrogen-bond acceptors (Lipinski definition) is 5. The number of halogens is 3. The number of hydrogen-bond donors (Lipinski definition) is 2. The summed E-state index contributed by atoms with van der Waals surface area (Å²) >= 11 is 11.3. The first kappa shape index (κ1) is 25.0. The number of nitrogens with one attached hydrogen (secondary N) is 2. The summed E-state index contributed by atoms with van der Waals surface area (Å²) in [4.78, 5) is 24.4. The fourth-order valence-corrected chi connectivity index (χ4v) is 3.83. The van der Waals surface area contributed by atoms with Gasteiger partial charge < -0.3 is 14.8 Å². The monoisotopic (exact) mass is 641 g/mol. The van der Waals surface area contributed by atoms with Crippen LogP contribution in [0.4, 0.5) is 5.69 Å². The average molecular weight is 643 g/mol. The lowest BCUT2D eigenvalue weighted by molar-refractivity contribution is -0.118. The maximum atomic E-state index is 12.2. The second-order valence-corrected chi connectivity index (χ2v) is 9.10. The summed E-state index contributed by atoms with van der Waals surface area (Å²) in [5, 5.41) is 7.32. The molecule has 7 nitrogen and oxygen atoms in total. The highest BCUT2D eigenvalue weighted by Gasteiger charge is 2.13. The number of rotatable bonds is 8. The van der Waals surface area contributed by atoms with Gasteiger partial charge in [0.15, 0.2) is 18.1 Å². The van der Waals surface area contributed by atoms with E-state index in [9.17, 15) is 9.59 Å². The number of benzene rings is 3. The topological polar surface area (TPSA) is 89.0 Å². The zero-order valence-electron chi connectivity index (χ0n) is 17.3. The predicted octanol–water partition coefficient (Wildman–Crippen LogP) is 5.50. The average Bonchev–Trinajstić information content (AvgIpc) is 2.80. The lowest BCUT2D eigenvalue weighted by Gasteiger charge is -2.13. The minimum Gasteiger partial charge on any atom is -0.493 e. The van der Waals surface area contributed by atoms with Crippen molar-refractivity contribution in [3.63, 3.8) is 0 Å². The van der Waals surface area contributed by atoms with Crippen LogP contribution in [0.5, 0.6) is 11.5 Å². The zero-order valence-corrected chi connectivity index (χ0v) is 21.8. The molecule has 3 rings (SSSR count). The molecule has 0 radical (unpaired) electrons. The Morgan fingerprint density at radius 1 is 1.12 bits per heavy atom. The van der Waals surface area contributed by atoms with Crippen molar-refractivity contribution in [3.8, 4) is 11.5 Å². The number of anilines is 1. The summed E-state index contributed by atoms with van der Waals surface area (Å²) < 4.78 is 12.7. The van der Waals surface area contributed by atoms with Crippen molar-refractivity contribution in [3.05, 3.63) is 84.9 Å². The minimum absolute atomic E-state index is 0.203. The molecule has 10 heteroatoms. The van der Waals surface area contributed by atoms with E-state index >= 15 is 0 Å². The van der Waals surface area contributed by atoms with Crippen molar-refractivity contribution in [2.75, 3.05) is 19.0 Å². The summed E-state index contributed by atoms with van der Waals surface area (Å²) in [6.45, 7) is -0.203. The Morgan fingerprint density at radius 2 is 1.82 bits per heavy atom. The highest BCUT2D eigenvalue weighted by molar-refractivity contribution is 14.1. The van der Waals surface area contributed by atoms with Crippen molar-refractivity contribution in [1.29, 1.82) is 0 Å². The molecule has 0 aromatic heterocycles. The third-order valence-electron chi connectivity index (χ3n) is 4.21. The zero-order chi connectivity index (χ0) is 23.8. The highest BCUT2D eigenvalue weighted by Crippen LogP contribution is 2.33. The third kappa shape index (κ3) is 7.44. The fraction of sp³-hybridized carbons (Fsp3) is 0.0870. The molecule has 0 aliphatic rings. The first-order chi connectivity index (χ1) is 15.9. The van der Waals surface area contributed by atoms with Gasteiger partial charge in [-0.1, -0.05) is 27.5 Å². The van der Waals surface area contributed by atoms with Crippen LogP contribution < -0.4 is 20.2 Å². The van der Waals surface area contributed by atoms with E-state index in [1.807, 2.05) is 0 Å². The Bertz CT molecular complexity index is 1170. The van der Waals surface area contributed by atoms with Crippen LogP contribution >= 0.6 is 50.1 Å². The molecule has 0 spiro atoms. The molecule has 3 aromatic rings. The lowest BCUT2D eigenvalue weighted by atomic mass is 10.2. The Balaban J connectivity index is 1.62. The van der Waals surface area contributed by atoms with Gasteiger partial charge in [-0.25, -0.2) is 5.43 Å². The number of amides is 2. The second kappa shape index (κ2) is 12.0. The van der Waals surface area contributed by atoms with Crippen LogP contribution in [0.1, 0.15) is 15.9 Å². The van der Waals surface area contributed by atoms with Crippen molar-refractivity contribution < 1.29 is 19.1 Å². The van der Waals surface area contributed by atoms with Crippen molar-refractivity contribution in [1.82, 2.24) is 5.43 Å². The van der Waals surface area contributed by atoms with Crippen LogP contribution in [0.25, 0.3) is 0 Å². The molecule has 2 amide bonds. The Labute approximate surface area is 217 Å². The Kier molecular flexibility index (Phi) is 9.10. The van der Waals surface area contributed by atoms with Gasteiger partial charge in [-0.3, -0.25) is 9.59 Å². The maximum Gasteiger partial charge on any atom is 0.271 e. The van der Waals surface area contributed by atoms with Gasteiger partial charge in [0.25, 0.3) is 11.8 Å². The van der Waals surface area contributed by atoms with E-state index < -0.39 is 0 Å². The molecule has 0 saturated carbocycles. The molecule has 0 fully saturated rings. The van der Waals surface area contributed by atoms with Crippen LogP contribution in [-0.2, 0) is 4.79 Å². The van der Waals surface area contributed by atoms with Crippen LogP contribution in [0.2, 0.25) is 5.02 Å². The van der Waals surface area contributed by atoms with Gasteiger partial charge in [-0.2, -0.15) is 5.10 Å². The largest absolute Gasteiger partial charge is 0.493 e. The molecule has 0 atom stereocenters. The Morgan fingerprint density at radius 3 is 2.48 bits per heavy atom. The summed E-state index contributed by atoms with van der Waals surface area (Å²) in [6.07, 6.45) is 1.50. The van der Waals surface area contributed by atoms with Gasteiger partial charge in [-0.05, 0) is 88.8 Å². The SMILES string of the molecule is COc1cc(/C=N/NC(=O)c2ccc(Br)cc2)cc(I)c1OCC(=O)Nc1ccc(Cl)cc1. The Hall–Kier alpha value is -2.63. The van der Waals surface area contributed by atoms with E-state index in [0.717, 1.165) is 4.47 Å². The summed E-state index contributed by atoms with van der Waals surface area (Å²) in [7, 11) is 1.50. The summed E-state index contributed by atoms with van der Waals surface area (Å²) in [5.74, 6) is 0.214. The number of ether oxygens (including phenoxy) is 2. The lowest BCUT2D eigenvalue weighted by Crippen LogP contribution is -2.20. The molecular weight excluding hydrogens is 625 g/mol. The quantitative estimate of drug-likeness (QED) is 0.193. The van der Waals surface area contributed by atoms with E-state index in [1.54, 1.807) is 60.7 Å². The first-order valence-corrected chi connectivity index (χ1v) is 11.8. The molecule has 0 saturated heterocycles. The van der Waals surface area contributed by atoms with Crippen LogP contribution in [0.3, 0.4) is 0 Å². The van der Waals surface area contributed by atoms with Gasteiger partial charge in [-0.15, -0.1) is 0 Å². The van der Waals surface area contributed by atoms with Gasteiger partial charge in [0.05, 0.1) is 16.9 Å². The highest BCUT2D eigenvalue weighted by atomic mass is 127. The van der Waals surface area contributed by atoms with Crippen molar-refractivity contribution in [2.45, 2.75) is 0 Å². The van der Waals surface area contributed by atoms with E-state index in [1.165, 1.54) is 13.3 Å². The number of methoxy groups -OCH3 is 1. The minimum atomic E-state index is -0.327. The number of nitrogens with zero attached hydrogens (tertiary/aromatic N) is 1. The first-order valence-electron chi connectivity index (χ1n) is 9.50. The van der Waals surface area contributed by atoms with E-state index in [0.29, 0.717) is 36.9 Å². The molecule has 3 aromatic carbocycles. The van der Waals surface area contributed by atoms with Gasteiger partial charge >= 0.3 is 0 Å². The maximum absolute atomic E-state index is 12.2. The molecule has 33 heavy (non-hydrogen) atoms. The molecule has 0 aliphatic heterocycles. The van der Waals surface area contributed by atoms with Crippen LogP contribution in [-0.4, -0.2) is 31.7 Å². The normalized spacial score (nSPS) is 10.7. The second-order valence-electron chi connectivity index (χ2n) is 6.58. The molecule has 0 bridgehead atoms. The molecule has 0 aliphatic carbocycles. The summed E-state index contributed by atoms with van der Waals surface area (Å²) in [6, 6.07) is 17.2.